The molecule has 1 fully saturated rings. The van der Waals surface area contributed by atoms with Crippen molar-refractivity contribution in [2.24, 2.45) is 0 Å². The van der Waals surface area contributed by atoms with Crippen molar-refractivity contribution in [1.29, 1.82) is 0 Å². The largest absolute Gasteiger partial charge is 0.493 e. The highest BCUT2D eigenvalue weighted by molar-refractivity contribution is 5.92. The summed E-state index contributed by atoms with van der Waals surface area (Å²) in [4.78, 5) is 12.2. The lowest BCUT2D eigenvalue weighted by Gasteiger charge is -2.22. The first kappa shape index (κ1) is 18.5. The van der Waals surface area contributed by atoms with Crippen molar-refractivity contribution < 1.29 is 9.53 Å². The van der Waals surface area contributed by atoms with Crippen LogP contribution in [0.15, 0.2) is 54.6 Å². The molecule has 4 nitrogen and oxygen atoms in total. The Kier molecular flexibility index (Phi) is 7.08. The molecule has 0 bridgehead atoms. The van der Waals surface area contributed by atoms with Gasteiger partial charge in [-0.3, -0.25) is 4.79 Å². The third-order valence-corrected chi connectivity index (χ3v) is 4.78. The smallest absolute Gasteiger partial charge is 0.238 e. The van der Waals surface area contributed by atoms with Crippen molar-refractivity contribution in [3.05, 3.63) is 60.2 Å². The van der Waals surface area contributed by atoms with Gasteiger partial charge >= 0.3 is 0 Å². The molecular weight excluding hydrogens is 324 g/mol. The third-order valence-electron chi connectivity index (χ3n) is 4.78. The van der Waals surface area contributed by atoms with Crippen LogP contribution in [-0.4, -0.2) is 25.1 Å². The van der Waals surface area contributed by atoms with E-state index in [0.717, 1.165) is 17.9 Å². The van der Waals surface area contributed by atoms with Crippen LogP contribution in [0.2, 0.25) is 0 Å². The molecule has 3 rings (SSSR count). The van der Waals surface area contributed by atoms with Crippen LogP contribution < -0.4 is 15.4 Å². The van der Waals surface area contributed by atoms with E-state index in [-0.39, 0.29) is 5.91 Å². The summed E-state index contributed by atoms with van der Waals surface area (Å²) in [6.07, 6.45) is 7.07. The van der Waals surface area contributed by atoms with Gasteiger partial charge in [-0.1, -0.05) is 55.7 Å². The van der Waals surface area contributed by atoms with E-state index in [4.69, 9.17) is 4.74 Å². The molecule has 2 N–H and O–H groups in total. The Morgan fingerprint density at radius 3 is 2.62 bits per heavy atom. The maximum Gasteiger partial charge on any atom is 0.238 e. The summed E-state index contributed by atoms with van der Waals surface area (Å²) in [6.45, 7) is 0.981. The number of rotatable bonds is 8. The number of carbonyl (C=O) groups excluding carboxylic acids is 1. The average Bonchev–Trinajstić information content (AvgIpc) is 2.68. The zero-order valence-corrected chi connectivity index (χ0v) is 15.2. The lowest BCUT2D eigenvalue weighted by atomic mass is 9.95. The van der Waals surface area contributed by atoms with Gasteiger partial charge in [-0.25, -0.2) is 0 Å². The molecule has 1 amide bonds. The van der Waals surface area contributed by atoms with E-state index in [9.17, 15) is 4.79 Å². The van der Waals surface area contributed by atoms with Crippen LogP contribution >= 0.6 is 0 Å². The summed E-state index contributed by atoms with van der Waals surface area (Å²) in [5.41, 5.74) is 2.03. The number of benzene rings is 2. The first-order valence-corrected chi connectivity index (χ1v) is 9.59. The molecule has 0 heterocycles. The molecule has 1 aliphatic rings. The first-order valence-electron chi connectivity index (χ1n) is 9.59. The molecule has 0 spiro atoms. The second kappa shape index (κ2) is 9.97. The summed E-state index contributed by atoms with van der Waals surface area (Å²) < 4.78 is 5.82. The van der Waals surface area contributed by atoms with Crippen LogP contribution in [0.4, 0.5) is 5.69 Å². The van der Waals surface area contributed by atoms with Crippen LogP contribution in [0.5, 0.6) is 5.75 Å². The predicted molar refractivity (Wildman–Crippen MR) is 106 cm³/mol. The maximum atomic E-state index is 12.2. The molecule has 2 aromatic rings. The van der Waals surface area contributed by atoms with E-state index in [1.807, 2.05) is 42.5 Å². The van der Waals surface area contributed by atoms with E-state index in [1.165, 1.54) is 37.7 Å². The van der Waals surface area contributed by atoms with Gasteiger partial charge in [0.15, 0.2) is 0 Å². The third kappa shape index (κ3) is 6.19. The molecule has 0 radical (unpaired) electrons. The minimum atomic E-state index is -0.00277. The first-order chi connectivity index (χ1) is 12.8. The Balaban J connectivity index is 1.42. The Morgan fingerprint density at radius 1 is 1.00 bits per heavy atom. The molecule has 1 saturated carbocycles. The normalized spacial score (nSPS) is 14.8. The van der Waals surface area contributed by atoms with Crippen LogP contribution in [0.1, 0.15) is 37.7 Å². The van der Waals surface area contributed by atoms with Gasteiger partial charge in [-0.05, 0) is 30.5 Å². The highest BCUT2D eigenvalue weighted by atomic mass is 16.5. The molecule has 1 aliphatic carbocycles. The lowest BCUT2D eigenvalue weighted by Crippen LogP contribution is -2.37. The fourth-order valence-electron chi connectivity index (χ4n) is 3.34. The molecule has 0 unspecified atom stereocenters. The lowest BCUT2D eigenvalue weighted by molar-refractivity contribution is -0.115. The number of ether oxygens (including phenoxy) is 1. The van der Waals surface area contributed by atoms with Gasteiger partial charge < -0.3 is 15.4 Å². The number of carbonyl (C=O) groups is 1. The van der Waals surface area contributed by atoms with Gasteiger partial charge in [0.25, 0.3) is 0 Å². The number of anilines is 1. The summed E-state index contributed by atoms with van der Waals surface area (Å²) in [7, 11) is 0. The van der Waals surface area contributed by atoms with Crippen LogP contribution in [0, 0.1) is 0 Å². The molecule has 4 heteroatoms. The van der Waals surface area contributed by atoms with Gasteiger partial charge in [0, 0.05) is 24.2 Å². The summed E-state index contributed by atoms with van der Waals surface area (Å²) in [5, 5.41) is 6.31. The van der Waals surface area contributed by atoms with Gasteiger partial charge in [-0.15, -0.1) is 0 Å². The molecule has 0 aromatic heterocycles. The second-order valence-electron chi connectivity index (χ2n) is 6.88. The molecule has 138 valence electrons. The van der Waals surface area contributed by atoms with Gasteiger partial charge in [0.2, 0.25) is 5.91 Å². The SMILES string of the molecule is O=C(CNC1CCCCC1)Nc1cccc(OCCc2ccccc2)c1. The predicted octanol–water partition coefficient (Wildman–Crippen LogP) is 4.17. The molecule has 0 atom stereocenters. The van der Waals surface area contributed by atoms with E-state index >= 15 is 0 Å². The molecular formula is C22H28N2O2. The molecule has 26 heavy (non-hydrogen) atoms. The maximum absolute atomic E-state index is 12.2. The van der Waals surface area contributed by atoms with E-state index in [0.29, 0.717) is 19.2 Å². The standard InChI is InChI=1S/C22H28N2O2/c25-22(17-23-19-10-5-2-6-11-19)24-20-12-7-13-21(16-20)26-15-14-18-8-3-1-4-9-18/h1,3-4,7-9,12-13,16,19,23H,2,5-6,10-11,14-15,17H2,(H,24,25). The number of nitrogens with one attached hydrogen (secondary N) is 2. The van der Waals surface area contributed by atoms with Crippen molar-refractivity contribution in [2.45, 2.75) is 44.6 Å². The fraction of sp³-hybridized carbons (Fsp3) is 0.409. The summed E-state index contributed by atoms with van der Waals surface area (Å²) in [5.74, 6) is 0.774. The average molecular weight is 352 g/mol. The Hall–Kier alpha value is -2.33. The zero-order chi connectivity index (χ0) is 18.0. The van der Waals surface area contributed by atoms with Crippen molar-refractivity contribution in [3.8, 4) is 5.75 Å². The molecule has 0 aliphatic heterocycles. The van der Waals surface area contributed by atoms with Crippen molar-refractivity contribution in [3.63, 3.8) is 0 Å². The van der Waals surface area contributed by atoms with Crippen molar-refractivity contribution >= 4 is 11.6 Å². The van der Waals surface area contributed by atoms with Crippen LogP contribution in [0.3, 0.4) is 0 Å². The quantitative estimate of drug-likeness (QED) is 0.750. The zero-order valence-electron chi connectivity index (χ0n) is 15.2. The van der Waals surface area contributed by atoms with Crippen molar-refractivity contribution in [1.82, 2.24) is 5.32 Å². The minimum Gasteiger partial charge on any atom is -0.493 e. The Bertz CT molecular complexity index is 682. The Morgan fingerprint density at radius 2 is 1.81 bits per heavy atom. The van der Waals surface area contributed by atoms with Gasteiger partial charge in [0.1, 0.15) is 5.75 Å². The number of hydrogen-bond donors (Lipinski definition) is 2. The van der Waals surface area contributed by atoms with Gasteiger partial charge in [-0.2, -0.15) is 0 Å². The monoisotopic (exact) mass is 352 g/mol. The highest BCUT2D eigenvalue weighted by Crippen LogP contribution is 2.19. The number of amides is 1. The topological polar surface area (TPSA) is 50.4 Å². The van der Waals surface area contributed by atoms with Crippen molar-refractivity contribution in [2.75, 3.05) is 18.5 Å². The van der Waals surface area contributed by atoms with E-state index in [2.05, 4.69) is 22.8 Å². The molecule has 0 saturated heterocycles. The van der Waals surface area contributed by atoms with E-state index in [1.54, 1.807) is 0 Å². The summed E-state index contributed by atoms with van der Waals surface area (Å²) >= 11 is 0. The molecule has 2 aromatic carbocycles. The Labute approximate surface area is 156 Å². The van der Waals surface area contributed by atoms with Crippen LogP contribution in [0.25, 0.3) is 0 Å². The fourth-order valence-corrected chi connectivity index (χ4v) is 3.34. The van der Waals surface area contributed by atoms with Gasteiger partial charge in [0.05, 0.1) is 13.2 Å². The number of hydrogen-bond acceptors (Lipinski definition) is 3. The van der Waals surface area contributed by atoms with E-state index < -0.39 is 0 Å². The second-order valence-corrected chi connectivity index (χ2v) is 6.88. The highest BCUT2D eigenvalue weighted by Gasteiger charge is 2.14. The minimum absolute atomic E-state index is 0.00277. The van der Waals surface area contributed by atoms with Crippen LogP contribution in [-0.2, 0) is 11.2 Å². The summed E-state index contributed by atoms with van der Waals surface area (Å²) in [6, 6.07) is 18.4.